The van der Waals surface area contributed by atoms with Crippen LogP contribution in [-0.4, -0.2) is 39.5 Å². The largest absolute Gasteiger partial charge is 0.316 e. The van der Waals surface area contributed by atoms with Gasteiger partial charge in [-0.15, -0.1) is 11.3 Å². The summed E-state index contributed by atoms with van der Waals surface area (Å²) >= 11 is 7.78. The lowest BCUT2D eigenvalue weighted by Gasteiger charge is -2.29. The highest BCUT2D eigenvalue weighted by atomic mass is 35.5. The van der Waals surface area contributed by atoms with Gasteiger partial charge in [0.1, 0.15) is 12.1 Å². The molecule has 0 saturated heterocycles. The summed E-state index contributed by atoms with van der Waals surface area (Å²) in [5.41, 5.74) is 2.72. The van der Waals surface area contributed by atoms with Gasteiger partial charge in [0.15, 0.2) is 5.13 Å². The lowest BCUT2D eigenvalue weighted by molar-refractivity contribution is 0.383. The zero-order chi connectivity index (χ0) is 21.3. The zero-order valence-electron chi connectivity index (χ0n) is 16.7. The number of fused-ring (bicyclic) bond motifs is 1. The molecule has 4 rings (SSSR count). The fourth-order valence-corrected chi connectivity index (χ4v) is 5.61. The van der Waals surface area contributed by atoms with E-state index >= 15 is 0 Å². The molecule has 0 fully saturated rings. The van der Waals surface area contributed by atoms with Crippen molar-refractivity contribution in [1.82, 2.24) is 19.3 Å². The van der Waals surface area contributed by atoms with Gasteiger partial charge in [0.2, 0.25) is 10.0 Å². The van der Waals surface area contributed by atoms with E-state index in [9.17, 15) is 8.42 Å². The smallest absolute Gasteiger partial charge is 0.216 e. The third-order valence-electron chi connectivity index (χ3n) is 5.02. The first-order valence-electron chi connectivity index (χ1n) is 9.61. The molecule has 30 heavy (non-hydrogen) atoms. The summed E-state index contributed by atoms with van der Waals surface area (Å²) in [7, 11) is -3.34. The molecule has 1 aromatic carbocycles. The van der Waals surface area contributed by atoms with Crippen LogP contribution in [0.15, 0.2) is 36.8 Å². The zero-order valence-corrected chi connectivity index (χ0v) is 19.1. The molecule has 1 N–H and O–H groups in total. The molecule has 0 unspecified atom stereocenters. The number of nitrogens with zero attached hydrogens (tertiary/aromatic N) is 4. The summed E-state index contributed by atoms with van der Waals surface area (Å²) in [5.74, 6) is 0.599. The van der Waals surface area contributed by atoms with Crippen molar-refractivity contribution in [3.05, 3.63) is 63.5 Å². The quantitative estimate of drug-likeness (QED) is 0.594. The van der Waals surface area contributed by atoms with Gasteiger partial charge in [-0.2, -0.15) is 4.31 Å². The van der Waals surface area contributed by atoms with Crippen LogP contribution in [0.3, 0.4) is 0 Å². The fraction of sp³-hybridized carbons (Fsp3) is 0.350. The molecule has 0 aliphatic carbocycles. The van der Waals surface area contributed by atoms with Crippen molar-refractivity contribution in [3.63, 3.8) is 0 Å². The van der Waals surface area contributed by atoms with Gasteiger partial charge in [0, 0.05) is 47.6 Å². The number of benzene rings is 1. The van der Waals surface area contributed by atoms with Crippen LogP contribution in [-0.2, 0) is 29.4 Å². The number of rotatable bonds is 6. The van der Waals surface area contributed by atoms with Crippen LogP contribution in [0.4, 0.5) is 10.9 Å². The summed E-state index contributed by atoms with van der Waals surface area (Å²) in [4.78, 5) is 14.2. The topological polar surface area (TPSA) is 88.1 Å². The fourth-order valence-electron chi connectivity index (χ4n) is 3.32. The second-order valence-electron chi connectivity index (χ2n) is 7.35. The Morgan fingerprint density at radius 1 is 1.23 bits per heavy atom. The Labute approximate surface area is 185 Å². The van der Waals surface area contributed by atoms with E-state index in [1.165, 1.54) is 22.0 Å². The van der Waals surface area contributed by atoms with Crippen molar-refractivity contribution in [1.29, 1.82) is 0 Å². The Kier molecular flexibility index (Phi) is 6.06. The van der Waals surface area contributed by atoms with E-state index in [1.54, 1.807) is 13.8 Å². The van der Waals surface area contributed by atoms with Crippen LogP contribution < -0.4 is 5.32 Å². The molecule has 1 aliphatic rings. The monoisotopic (exact) mass is 463 g/mol. The molecule has 0 saturated carbocycles. The van der Waals surface area contributed by atoms with Gasteiger partial charge in [-0.05, 0) is 25.5 Å². The van der Waals surface area contributed by atoms with Gasteiger partial charge in [0.05, 0.1) is 10.9 Å². The molecule has 0 spiro atoms. The lowest BCUT2D eigenvalue weighted by Crippen LogP contribution is -2.40. The standard InChI is InChI=1S/C20H22ClN5O2S2/c1-13(2)30(27,28)26-8-7-18-16(11-26)19(24-12-23-18)25-20-22-10-15(29-20)9-14-5-3-4-6-17(14)21/h3-6,10,12-13H,7-9,11H2,1-2H3,(H,22,23,24,25). The Morgan fingerprint density at radius 2 is 2.03 bits per heavy atom. The van der Waals surface area contributed by atoms with Gasteiger partial charge in [0.25, 0.3) is 0 Å². The van der Waals surface area contributed by atoms with Gasteiger partial charge >= 0.3 is 0 Å². The van der Waals surface area contributed by atoms with Crippen LogP contribution >= 0.6 is 22.9 Å². The van der Waals surface area contributed by atoms with E-state index in [0.29, 0.717) is 30.3 Å². The van der Waals surface area contributed by atoms with E-state index in [0.717, 1.165) is 26.7 Å². The van der Waals surface area contributed by atoms with Crippen LogP contribution in [0.2, 0.25) is 5.02 Å². The lowest BCUT2D eigenvalue weighted by atomic mass is 10.1. The third kappa shape index (κ3) is 4.34. The summed E-state index contributed by atoms with van der Waals surface area (Å²) in [5, 5.41) is 4.22. The SMILES string of the molecule is CC(C)S(=O)(=O)N1CCc2ncnc(Nc3ncc(Cc4ccccc4Cl)s3)c2C1. The third-order valence-corrected chi connectivity index (χ3v) is 8.53. The molecule has 0 radical (unpaired) electrons. The van der Waals surface area contributed by atoms with Crippen LogP contribution in [0.25, 0.3) is 0 Å². The average Bonchev–Trinajstić information content (AvgIpc) is 3.16. The molecule has 10 heteroatoms. The molecule has 0 atom stereocenters. The van der Waals surface area contributed by atoms with E-state index in [1.807, 2.05) is 30.5 Å². The van der Waals surface area contributed by atoms with Crippen molar-refractivity contribution < 1.29 is 8.42 Å². The molecule has 3 aromatic rings. The highest BCUT2D eigenvalue weighted by molar-refractivity contribution is 7.89. The maximum atomic E-state index is 12.6. The molecule has 0 bridgehead atoms. The maximum absolute atomic E-state index is 12.6. The average molecular weight is 464 g/mol. The number of halogens is 1. The molecule has 1 aliphatic heterocycles. The first-order valence-corrected chi connectivity index (χ1v) is 12.3. The normalized spacial score (nSPS) is 14.7. The van der Waals surface area contributed by atoms with Gasteiger partial charge in [-0.1, -0.05) is 29.8 Å². The van der Waals surface area contributed by atoms with E-state index in [-0.39, 0.29) is 6.54 Å². The number of sulfonamides is 1. The van der Waals surface area contributed by atoms with E-state index in [4.69, 9.17) is 11.6 Å². The highest BCUT2D eigenvalue weighted by Gasteiger charge is 2.31. The van der Waals surface area contributed by atoms with Crippen molar-refractivity contribution in [2.45, 2.75) is 38.5 Å². The predicted molar refractivity (Wildman–Crippen MR) is 120 cm³/mol. The van der Waals surface area contributed by atoms with Gasteiger partial charge in [-0.25, -0.2) is 23.4 Å². The Bertz CT molecular complexity index is 1160. The molecule has 7 nitrogen and oxygen atoms in total. The second kappa shape index (κ2) is 8.58. The van der Waals surface area contributed by atoms with E-state index < -0.39 is 15.3 Å². The first kappa shape index (κ1) is 21.2. The maximum Gasteiger partial charge on any atom is 0.216 e. The minimum Gasteiger partial charge on any atom is -0.316 e. The Balaban J connectivity index is 1.55. The van der Waals surface area contributed by atoms with Crippen LogP contribution in [0.1, 0.15) is 35.5 Å². The molecule has 3 heterocycles. The summed E-state index contributed by atoms with van der Waals surface area (Å²) in [6, 6.07) is 7.75. The Hall–Kier alpha value is -2.07. The van der Waals surface area contributed by atoms with Crippen molar-refractivity contribution in [2.75, 3.05) is 11.9 Å². The summed E-state index contributed by atoms with van der Waals surface area (Å²) in [6.45, 7) is 4.09. The minimum absolute atomic E-state index is 0.261. The number of aromatic nitrogens is 3. The van der Waals surface area contributed by atoms with Crippen molar-refractivity contribution in [2.24, 2.45) is 0 Å². The number of hydrogen-bond donors (Lipinski definition) is 1. The van der Waals surface area contributed by atoms with Crippen LogP contribution in [0.5, 0.6) is 0 Å². The molecular formula is C20H22ClN5O2S2. The highest BCUT2D eigenvalue weighted by Crippen LogP contribution is 2.30. The molecule has 158 valence electrons. The number of anilines is 2. The first-order chi connectivity index (χ1) is 14.3. The van der Waals surface area contributed by atoms with E-state index in [2.05, 4.69) is 20.3 Å². The van der Waals surface area contributed by atoms with Crippen molar-refractivity contribution >= 4 is 43.9 Å². The van der Waals surface area contributed by atoms with Gasteiger partial charge < -0.3 is 5.32 Å². The van der Waals surface area contributed by atoms with Gasteiger partial charge in [-0.3, -0.25) is 0 Å². The second-order valence-corrected chi connectivity index (χ2v) is 11.4. The van der Waals surface area contributed by atoms with Crippen LogP contribution in [0, 0.1) is 0 Å². The Morgan fingerprint density at radius 3 is 2.80 bits per heavy atom. The minimum atomic E-state index is -3.34. The number of nitrogens with one attached hydrogen (secondary N) is 1. The number of thiazole rings is 1. The van der Waals surface area contributed by atoms with Crippen molar-refractivity contribution in [3.8, 4) is 0 Å². The summed E-state index contributed by atoms with van der Waals surface area (Å²) < 4.78 is 26.7. The molecule has 2 aromatic heterocycles. The summed E-state index contributed by atoms with van der Waals surface area (Å²) in [6.07, 6.45) is 4.58. The number of hydrogen-bond acceptors (Lipinski definition) is 7. The molecule has 0 amide bonds. The predicted octanol–water partition coefficient (Wildman–Crippen LogP) is 4.02. The molecular weight excluding hydrogens is 442 g/mol.